The average Bonchev–Trinajstić information content (AvgIpc) is 2.85. The second kappa shape index (κ2) is 7.60. The maximum atomic E-state index is 12.2. The Morgan fingerprint density at radius 1 is 1.29 bits per heavy atom. The van der Waals surface area contributed by atoms with Gasteiger partial charge in [0.25, 0.3) is 0 Å². The van der Waals surface area contributed by atoms with Crippen LogP contribution in [0.2, 0.25) is 0 Å². The molecule has 0 saturated carbocycles. The summed E-state index contributed by atoms with van der Waals surface area (Å²) in [6.45, 7) is 11.4. The molecule has 1 saturated heterocycles. The number of nitrogens with one attached hydrogen (secondary N) is 1. The van der Waals surface area contributed by atoms with Gasteiger partial charge in [-0.25, -0.2) is 0 Å². The summed E-state index contributed by atoms with van der Waals surface area (Å²) in [7, 11) is 0. The van der Waals surface area contributed by atoms with Gasteiger partial charge in [0, 0.05) is 6.54 Å². The maximum absolute atomic E-state index is 12.2. The van der Waals surface area contributed by atoms with E-state index in [4.69, 9.17) is 0 Å². The summed E-state index contributed by atoms with van der Waals surface area (Å²) in [5, 5.41) is 2.82. The highest BCUT2D eigenvalue weighted by molar-refractivity contribution is 8.00. The predicted octanol–water partition coefficient (Wildman–Crippen LogP) is 3.33. The summed E-state index contributed by atoms with van der Waals surface area (Å²) in [6, 6.07) is 8.40. The summed E-state index contributed by atoms with van der Waals surface area (Å²) < 4.78 is 0. The maximum Gasteiger partial charge on any atom is 0.239 e. The molecule has 0 radical (unpaired) electrons. The minimum absolute atomic E-state index is 0.0320. The zero-order chi connectivity index (χ0) is 17.9. The van der Waals surface area contributed by atoms with Crippen molar-refractivity contribution in [2.45, 2.75) is 45.4 Å². The Bertz CT molecular complexity index is 590. The zero-order valence-corrected chi connectivity index (χ0v) is 16.1. The monoisotopic (exact) mass is 348 g/mol. The van der Waals surface area contributed by atoms with Gasteiger partial charge in [-0.2, -0.15) is 0 Å². The van der Waals surface area contributed by atoms with Crippen LogP contribution in [0.25, 0.3) is 0 Å². The number of hydrogen-bond acceptors (Lipinski definition) is 3. The number of carbonyl (C=O) groups is 2. The van der Waals surface area contributed by atoms with Crippen LogP contribution in [-0.4, -0.2) is 35.6 Å². The second-order valence-electron chi connectivity index (χ2n) is 7.75. The van der Waals surface area contributed by atoms with Crippen LogP contribution < -0.4 is 5.32 Å². The Kier molecular flexibility index (Phi) is 5.97. The Morgan fingerprint density at radius 3 is 2.46 bits per heavy atom. The topological polar surface area (TPSA) is 49.4 Å². The third-order valence-corrected chi connectivity index (χ3v) is 5.31. The molecule has 0 unspecified atom stereocenters. The third kappa shape index (κ3) is 4.76. The largest absolute Gasteiger partial charge is 0.354 e. The molecule has 1 heterocycles. The highest BCUT2D eigenvalue weighted by Crippen LogP contribution is 2.38. The van der Waals surface area contributed by atoms with Crippen molar-refractivity contribution in [2.75, 3.05) is 18.8 Å². The van der Waals surface area contributed by atoms with Gasteiger partial charge in [-0.1, -0.05) is 58.9 Å². The molecule has 2 amide bonds. The number of carbonyl (C=O) groups excluding carboxylic acids is 2. The Hall–Kier alpha value is -1.49. The van der Waals surface area contributed by atoms with E-state index in [1.165, 1.54) is 5.56 Å². The molecule has 5 heteroatoms. The van der Waals surface area contributed by atoms with Crippen molar-refractivity contribution in [3.63, 3.8) is 0 Å². The van der Waals surface area contributed by atoms with Crippen LogP contribution in [0.3, 0.4) is 0 Å². The molecule has 132 valence electrons. The van der Waals surface area contributed by atoms with Crippen molar-refractivity contribution in [3.8, 4) is 0 Å². The first kappa shape index (κ1) is 18.8. The van der Waals surface area contributed by atoms with Crippen molar-refractivity contribution in [2.24, 2.45) is 5.92 Å². The predicted molar refractivity (Wildman–Crippen MR) is 99.9 cm³/mol. The Balaban J connectivity index is 2.08. The van der Waals surface area contributed by atoms with Crippen LogP contribution in [-0.2, 0) is 15.0 Å². The first-order chi connectivity index (χ1) is 11.2. The summed E-state index contributed by atoms with van der Waals surface area (Å²) in [4.78, 5) is 26.0. The summed E-state index contributed by atoms with van der Waals surface area (Å²) >= 11 is 1.59. The first-order valence-electron chi connectivity index (χ1n) is 8.46. The number of hydrogen-bond donors (Lipinski definition) is 1. The molecule has 1 aromatic rings. The number of thioether (sulfide) groups is 1. The molecule has 24 heavy (non-hydrogen) atoms. The lowest BCUT2D eigenvalue weighted by Crippen LogP contribution is -2.40. The van der Waals surface area contributed by atoms with Gasteiger partial charge in [0.1, 0.15) is 11.9 Å². The van der Waals surface area contributed by atoms with E-state index in [9.17, 15) is 9.59 Å². The van der Waals surface area contributed by atoms with E-state index in [1.807, 2.05) is 0 Å². The number of nitrogens with zero attached hydrogens (tertiary/aromatic N) is 1. The lowest BCUT2D eigenvalue weighted by Gasteiger charge is -2.25. The standard InChI is InChI=1S/C19H28N2O2S/c1-13(2)10-20-16(22)11-21-17(23)12-24-18(21)14-6-8-15(9-7-14)19(3,4)5/h6-9,13,18H,10-12H2,1-5H3,(H,20,22)/t18-/m1/s1. The molecule has 0 aliphatic carbocycles. The van der Waals surface area contributed by atoms with E-state index in [0.717, 1.165) is 5.56 Å². The van der Waals surface area contributed by atoms with Gasteiger partial charge in [-0.05, 0) is 22.5 Å². The number of benzene rings is 1. The summed E-state index contributed by atoms with van der Waals surface area (Å²) in [6.07, 6.45) is 0. The zero-order valence-electron chi connectivity index (χ0n) is 15.3. The molecule has 2 rings (SSSR count). The fourth-order valence-corrected chi connectivity index (χ4v) is 3.77. The number of rotatable bonds is 5. The van der Waals surface area contributed by atoms with E-state index in [2.05, 4.69) is 64.2 Å². The van der Waals surface area contributed by atoms with Gasteiger partial charge in [0.2, 0.25) is 11.8 Å². The highest BCUT2D eigenvalue weighted by atomic mass is 32.2. The van der Waals surface area contributed by atoms with E-state index >= 15 is 0 Å². The molecule has 1 aliphatic heterocycles. The van der Waals surface area contributed by atoms with Crippen LogP contribution in [0.15, 0.2) is 24.3 Å². The SMILES string of the molecule is CC(C)CNC(=O)CN1C(=O)CS[C@@H]1c1ccc(C(C)(C)C)cc1. The van der Waals surface area contributed by atoms with Gasteiger partial charge >= 0.3 is 0 Å². The first-order valence-corrected chi connectivity index (χ1v) is 9.51. The van der Waals surface area contributed by atoms with Gasteiger partial charge < -0.3 is 10.2 Å². The third-order valence-electron chi connectivity index (χ3n) is 4.05. The molecule has 0 spiro atoms. The van der Waals surface area contributed by atoms with E-state index in [1.54, 1.807) is 16.7 Å². The molecule has 1 N–H and O–H groups in total. The molecule has 4 nitrogen and oxygen atoms in total. The Labute approximate surface area is 149 Å². The van der Waals surface area contributed by atoms with Crippen molar-refractivity contribution < 1.29 is 9.59 Å². The van der Waals surface area contributed by atoms with Crippen LogP contribution in [0.5, 0.6) is 0 Å². The van der Waals surface area contributed by atoms with Crippen molar-refractivity contribution in [3.05, 3.63) is 35.4 Å². The van der Waals surface area contributed by atoms with Gasteiger partial charge in [-0.3, -0.25) is 9.59 Å². The van der Waals surface area contributed by atoms with E-state index in [0.29, 0.717) is 18.2 Å². The van der Waals surface area contributed by atoms with Crippen LogP contribution in [0, 0.1) is 5.92 Å². The minimum Gasteiger partial charge on any atom is -0.354 e. The quantitative estimate of drug-likeness (QED) is 0.888. The van der Waals surface area contributed by atoms with Crippen LogP contribution in [0.4, 0.5) is 0 Å². The molecule has 0 aromatic heterocycles. The average molecular weight is 349 g/mol. The lowest BCUT2D eigenvalue weighted by atomic mass is 9.87. The molecule has 0 bridgehead atoms. The highest BCUT2D eigenvalue weighted by Gasteiger charge is 2.34. The number of amides is 2. The fraction of sp³-hybridized carbons (Fsp3) is 0.579. The summed E-state index contributed by atoms with van der Waals surface area (Å²) in [5.41, 5.74) is 2.45. The lowest BCUT2D eigenvalue weighted by molar-refractivity contribution is -0.133. The normalized spacial score (nSPS) is 18.3. The van der Waals surface area contributed by atoms with Crippen molar-refractivity contribution in [1.29, 1.82) is 0 Å². The van der Waals surface area contributed by atoms with Gasteiger partial charge in [0.05, 0.1) is 5.75 Å². The van der Waals surface area contributed by atoms with E-state index < -0.39 is 0 Å². The van der Waals surface area contributed by atoms with Crippen molar-refractivity contribution in [1.82, 2.24) is 10.2 Å². The molecular weight excluding hydrogens is 320 g/mol. The summed E-state index contributed by atoms with van der Waals surface area (Å²) in [5.74, 6) is 0.780. The van der Waals surface area contributed by atoms with Gasteiger partial charge in [0.15, 0.2) is 0 Å². The second-order valence-corrected chi connectivity index (χ2v) is 8.82. The molecule has 1 atom stereocenters. The fourth-order valence-electron chi connectivity index (χ4n) is 2.58. The Morgan fingerprint density at radius 2 is 1.92 bits per heavy atom. The molecule has 1 aromatic carbocycles. The van der Waals surface area contributed by atoms with E-state index in [-0.39, 0.29) is 29.1 Å². The minimum atomic E-state index is -0.0872. The smallest absolute Gasteiger partial charge is 0.239 e. The molecular formula is C19H28N2O2S. The van der Waals surface area contributed by atoms with Crippen molar-refractivity contribution >= 4 is 23.6 Å². The van der Waals surface area contributed by atoms with Gasteiger partial charge in [-0.15, -0.1) is 11.8 Å². The molecule has 1 aliphatic rings. The van der Waals surface area contributed by atoms with Crippen LogP contribution in [0.1, 0.15) is 51.1 Å². The van der Waals surface area contributed by atoms with Crippen LogP contribution >= 0.6 is 11.8 Å². The molecule has 1 fully saturated rings.